The number of aliphatic hydroxyl groups excluding tert-OH is 1. The summed E-state index contributed by atoms with van der Waals surface area (Å²) >= 11 is 1.75. The highest BCUT2D eigenvalue weighted by molar-refractivity contribution is 7.15. The Morgan fingerprint density at radius 1 is 1.40 bits per heavy atom. The van der Waals surface area contributed by atoms with Gasteiger partial charge in [-0.2, -0.15) is 0 Å². The monoisotopic (exact) mass is 297 g/mol. The molecule has 0 aromatic carbocycles. The van der Waals surface area contributed by atoms with Crippen LogP contribution >= 0.6 is 11.3 Å². The SMILES string of the molecule is CCCNc1ncc(CN(CCO)C2CCCCC2)s1. The van der Waals surface area contributed by atoms with Gasteiger partial charge >= 0.3 is 0 Å². The minimum atomic E-state index is 0.246. The molecule has 0 radical (unpaired) electrons. The third-order valence-corrected chi connectivity index (χ3v) is 4.86. The summed E-state index contributed by atoms with van der Waals surface area (Å²) in [6.45, 7) is 5.09. The Bertz CT molecular complexity index is 377. The van der Waals surface area contributed by atoms with E-state index in [1.54, 1.807) is 11.3 Å². The van der Waals surface area contributed by atoms with E-state index in [1.165, 1.54) is 37.0 Å². The van der Waals surface area contributed by atoms with E-state index in [1.807, 2.05) is 6.20 Å². The number of rotatable bonds is 8. The van der Waals surface area contributed by atoms with Crippen LogP contribution in [-0.4, -0.2) is 40.7 Å². The predicted molar refractivity (Wildman–Crippen MR) is 85.3 cm³/mol. The average molecular weight is 297 g/mol. The summed E-state index contributed by atoms with van der Waals surface area (Å²) in [4.78, 5) is 8.17. The maximum absolute atomic E-state index is 9.30. The van der Waals surface area contributed by atoms with Crippen molar-refractivity contribution in [3.05, 3.63) is 11.1 Å². The van der Waals surface area contributed by atoms with Crippen molar-refractivity contribution >= 4 is 16.5 Å². The van der Waals surface area contributed by atoms with Gasteiger partial charge in [0.2, 0.25) is 0 Å². The second kappa shape index (κ2) is 8.60. The third kappa shape index (κ3) is 4.72. The Kier molecular flexibility index (Phi) is 6.76. The molecule has 0 amide bonds. The Morgan fingerprint density at radius 3 is 2.90 bits per heavy atom. The fourth-order valence-electron chi connectivity index (χ4n) is 2.86. The highest BCUT2D eigenvalue weighted by Gasteiger charge is 2.21. The maximum atomic E-state index is 9.30. The van der Waals surface area contributed by atoms with Crippen LogP contribution in [0.4, 0.5) is 5.13 Å². The number of aliphatic hydroxyl groups is 1. The van der Waals surface area contributed by atoms with E-state index in [-0.39, 0.29) is 6.61 Å². The van der Waals surface area contributed by atoms with Crippen molar-refractivity contribution < 1.29 is 5.11 Å². The van der Waals surface area contributed by atoms with Gasteiger partial charge in [-0.1, -0.05) is 26.2 Å². The van der Waals surface area contributed by atoms with Crippen molar-refractivity contribution in [2.24, 2.45) is 0 Å². The summed E-state index contributed by atoms with van der Waals surface area (Å²) in [6, 6.07) is 0.644. The average Bonchev–Trinajstić information content (AvgIpc) is 2.93. The van der Waals surface area contributed by atoms with Gasteiger partial charge in [0, 0.05) is 36.8 Å². The quantitative estimate of drug-likeness (QED) is 0.774. The zero-order chi connectivity index (χ0) is 14.2. The molecule has 2 N–H and O–H groups in total. The molecular formula is C15H27N3OS. The normalized spacial score (nSPS) is 16.8. The van der Waals surface area contributed by atoms with E-state index >= 15 is 0 Å². The molecule has 0 atom stereocenters. The molecule has 1 aromatic heterocycles. The molecule has 114 valence electrons. The Balaban J connectivity index is 1.91. The van der Waals surface area contributed by atoms with Gasteiger partial charge in [0.25, 0.3) is 0 Å². The molecule has 1 saturated carbocycles. The highest BCUT2D eigenvalue weighted by Crippen LogP contribution is 2.26. The van der Waals surface area contributed by atoms with E-state index in [0.717, 1.165) is 31.2 Å². The first-order chi connectivity index (χ1) is 9.83. The second-order valence-electron chi connectivity index (χ2n) is 5.54. The lowest BCUT2D eigenvalue weighted by Gasteiger charge is -2.33. The van der Waals surface area contributed by atoms with Gasteiger partial charge in [0.15, 0.2) is 5.13 Å². The maximum Gasteiger partial charge on any atom is 0.182 e. The standard InChI is InChI=1S/C15H27N3OS/c1-2-8-16-15-17-11-14(20-15)12-18(9-10-19)13-6-4-3-5-7-13/h11,13,19H,2-10,12H2,1H3,(H,16,17). The van der Waals surface area contributed by atoms with E-state index in [2.05, 4.69) is 22.1 Å². The van der Waals surface area contributed by atoms with Gasteiger partial charge in [-0.15, -0.1) is 11.3 Å². The summed E-state index contributed by atoms with van der Waals surface area (Å²) in [7, 11) is 0. The molecule has 0 saturated heterocycles. The van der Waals surface area contributed by atoms with Crippen LogP contribution in [0.5, 0.6) is 0 Å². The summed E-state index contributed by atoms with van der Waals surface area (Å²) < 4.78 is 0. The predicted octanol–water partition coefficient (Wildman–Crippen LogP) is 3.09. The van der Waals surface area contributed by atoms with Gasteiger partial charge in [0.05, 0.1) is 6.61 Å². The van der Waals surface area contributed by atoms with Crippen LogP contribution in [0.2, 0.25) is 0 Å². The fraction of sp³-hybridized carbons (Fsp3) is 0.800. The molecular weight excluding hydrogens is 270 g/mol. The largest absolute Gasteiger partial charge is 0.395 e. The summed E-state index contributed by atoms with van der Waals surface area (Å²) in [5.74, 6) is 0. The molecule has 0 unspecified atom stereocenters. The number of nitrogens with zero attached hydrogens (tertiary/aromatic N) is 2. The van der Waals surface area contributed by atoms with Crippen molar-refractivity contribution in [3.63, 3.8) is 0 Å². The van der Waals surface area contributed by atoms with Crippen molar-refractivity contribution in [2.45, 2.75) is 58.0 Å². The Labute approximate surface area is 126 Å². The van der Waals surface area contributed by atoms with Crippen molar-refractivity contribution in [2.75, 3.05) is 25.0 Å². The summed E-state index contributed by atoms with van der Waals surface area (Å²) in [5.41, 5.74) is 0. The zero-order valence-electron chi connectivity index (χ0n) is 12.5. The van der Waals surface area contributed by atoms with Crippen LogP contribution in [0.3, 0.4) is 0 Å². The molecule has 0 spiro atoms. The van der Waals surface area contributed by atoms with Crippen LogP contribution < -0.4 is 5.32 Å². The number of thiazole rings is 1. The number of aromatic nitrogens is 1. The lowest BCUT2D eigenvalue weighted by atomic mass is 9.94. The summed E-state index contributed by atoms with van der Waals surface area (Å²) in [6.07, 6.45) is 9.69. The van der Waals surface area contributed by atoms with E-state index in [9.17, 15) is 5.11 Å². The lowest BCUT2D eigenvalue weighted by molar-refractivity contribution is 0.118. The minimum Gasteiger partial charge on any atom is -0.395 e. The smallest absolute Gasteiger partial charge is 0.182 e. The van der Waals surface area contributed by atoms with Crippen molar-refractivity contribution in [3.8, 4) is 0 Å². The van der Waals surface area contributed by atoms with E-state index in [0.29, 0.717) is 6.04 Å². The zero-order valence-corrected chi connectivity index (χ0v) is 13.3. The molecule has 4 nitrogen and oxygen atoms in total. The second-order valence-corrected chi connectivity index (χ2v) is 6.66. The van der Waals surface area contributed by atoms with Crippen LogP contribution in [0, 0.1) is 0 Å². The van der Waals surface area contributed by atoms with Gasteiger partial charge < -0.3 is 10.4 Å². The number of hydrogen-bond acceptors (Lipinski definition) is 5. The van der Waals surface area contributed by atoms with Gasteiger partial charge in [-0.3, -0.25) is 4.90 Å². The van der Waals surface area contributed by atoms with Gasteiger partial charge in [-0.25, -0.2) is 4.98 Å². The fourth-order valence-corrected chi connectivity index (χ4v) is 3.72. The van der Waals surface area contributed by atoms with Crippen molar-refractivity contribution in [1.82, 2.24) is 9.88 Å². The number of anilines is 1. The number of nitrogens with one attached hydrogen (secondary N) is 1. The number of hydrogen-bond donors (Lipinski definition) is 2. The first kappa shape index (κ1) is 15.7. The highest BCUT2D eigenvalue weighted by atomic mass is 32.1. The van der Waals surface area contributed by atoms with Gasteiger partial charge in [0.1, 0.15) is 0 Å². The van der Waals surface area contributed by atoms with Crippen LogP contribution in [0.25, 0.3) is 0 Å². The molecule has 1 fully saturated rings. The topological polar surface area (TPSA) is 48.4 Å². The molecule has 1 aliphatic rings. The first-order valence-corrected chi connectivity index (χ1v) is 8.68. The molecule has 2 rings (SSSR count). The minimum absolute atomic E-state index is 0.246. The summed E-state index contributed by atoms with van der Waals surface area (Å²) in [5, 5.41) is 13.7. The molecule has 20 heavy (non-hydrogen) atoms. The lowest BCUT2D eigenvalue weighted by Crippen LogP contribution is -2.38. The van der Waals surface area contributed by atoms with Crippen LogP contribution in [0.15, 0.2) is 6.20 Å². The molecule has 0 aliphatic heterocycles. The molecule has 1 heterocycles. The van der Waals surface area contributed by atoms with Gasteiger partial charge in [-0.05, 0) is 19.3 Å². The van der Waals surface area contributed by atoms with Crippen LogP contribution in [0.1, 0.15) is 50.3 Å². The Morgan fingerprint density at radius 2 is 2.20 bits per heavy atom. The first-order valence-electron chi connectivity index (χ1n) is 7.87. The van der Waals surface area contributed by atoms with Crippen molar-refractivity contribution in [1.29, 1.82) is 0 Å². The Hall–Kier alpha value is -0.650. The molecule has 0 bridgehead atoms. The molecule has 5 heteroatoms. The molecule has 1 aromatic rings. The third-order valence-electron chi connectivity index (χ3n) is 3.92. The molecule has 1 aliphatic carbocycles. The van der Waals surface area contributed by atoms with E-state index in [4.69, 9.17) is 0 Å². The van der Waals surface area contributed by atoms with Crippen LogP contribution in [-0.2, 0) is 6.54 Å². The van der Waals surface area contributed by atoms with E-state index < -0.39 is 0 Å².